The molecule has 0 bridgehead atoms. The predicted molar refractivity (Wildman–Crippen MR) is 140 cm³/mol. The van der Waals surface area contributed by atoms with E-state index in [4.69, 9.17) is 9.72 Å². The summed E-state index contributed by atoms with van der Waals surface area (Å²) in [6.07, 6.45) is 4.01. The van der Waals surface area contributed by atoms with Gasteiger partial charge >= 0.3 is 0 Å². The molecule has 1 aliphatic rings. The van der Waals surface area contributed by atoms with Crippen molar-refractivity contribution < 1.29 is 9.53 Å². The molecule has 4 aromatic rings. The number of carbonyl (C=O) groups is 1. The Morgan fingerprint density at radius 3 is 2.56 bits per heavy atom. The molecule has 0 spiro atoms. The summed E-state index contributed by atoms with van der Waals surface area (Å²) in [4.78, 5) is 31.3. The number of aryl methyl sites for hydroxylation is 2. The van der Waals surface area contributed by atoms with Gasteiger partial charge in [-0.3, -0.25) is 4.79 Å². The van der Waals surface area contributed by atoms with E-state index in [-0.39, 0.29) is 11.8 Å². The van der Waals surface area contributed by atoms with E-state index in [0.717, 1.165) is 41.8 Å². The SMILES string of the molecule is Cc1ccc2nc(COc3cccc(C(=O)N4CCN(c5cc(C)nc(C(C)C)n5)CC4)c3)cn2c1. The quantitative estimate of drug-likeness (QED) is 0.404. The minimum absolute atomic E-state index is 0.0186. The van der Waals surface area contributed by atoms with Crippen LogP contribution in [0.1, 0.15) is 52.9 Å². The second-order valence-corrected chi connectivity index (χ2v) is 9.68. The Morgan fingerprint density at radius 1 is 0.972 bits per heavy atom. The lowest BCUT2D eigenvalue weighted by molar-refractivity contribution is 0.0746. The van der Waals surface area contributed by atoms with Crippen molar-refractivity contribution in [3.8, 4) is 5.75 Å². The second-order valence-electron chi connectivity index (χ2n) is 9.68. The fraction of sp³-hybridized carbons (Fsp3) is 0.357. The molecular weight excluding hydrogens is 452 g/mol. The third-order valence-corrected chi connectivity index (χ3v) is 6.38. The molecule has 1 amide bonds. The third kappa shape index (κ3) is 5.17. The van der Waals surface area contributed by atoms with Gasteiger partial charge in [-0.15, -0.1) is 0 Å². The van der Waals surface area contributed by atoms with Gasteiger partial charge in [-0.05, 0) is 43.7 Å². The first-order valence-corrected chi connectivity index (χ1v) is 12.4. The van der Waals surface area contributed by atoms with Gasteiger partial charge in [0.2, 0.25) is 0 Å². The molecule has 1 saturated heterocycles. The molecule has 186 valence electrons. The van der Waals surface area contributed by atoms with E-state index in [1.807, 2.05) is 71.1 Å². The monoisotopic (exact) mass is 484 g/mol. The zero-order valence-electron chi connectivity index (χ0n) is 21.3. The molecule has 0 saturated carbocycles. The lowest BCUT2D eigenvalue weighted by Gasteiger charge is -2.35. The Bertz CT molecular complexity index is 1390. The van der Waals surface area contributed by atoms with E-state index in [9.17, 15) is 4.79 Å². The number of hydrogen-bond acceptors (Lipinski definition) is 6. The molecule has 3 aromatic heterocycles. The van der Waals surface area contributed by atoms with Gasteiger partial charge in [0.05, 0.1) is 5.69 Å². The fourth-order valence-electron chi connectivity index (χ4n) is 4.42. The molecule has 1 fully saturated rings. The third-order valence-electron chi connectivity index (χ3n) is 6.38. The maximum atomic E-state index is 13.2. The summed E-state index contributed by atoms with van der Waals surface area (Å²) in [6.45, 7) is 11.4. The minimum atomic E-state index is 0.0186. The standard InChI is InChI=1S/C28H32N6O2/c1-19(2)27-29-21(4)14-26(31-27)32-10-12-33(13-11-32)28(35)22-6-5-7-24(15-22)36-18-23-17-34-16-20(3)8-9-25(34)30-23/h5-9,14-17,19H,10-13,18H2,1-4H3. The Hall–Kier alpha value is -3.94. The van der Waals surface area contributed by atoms with Crippen molar-refractivity contribution in [1.82, 2.24) is 24.3 Å². The molecule has 0 radical (unpaired) electrons. The Morgan fingerprint density at radius 2 is 1.78 bits per heavy atom. The van der Waals surface area contributed by atoms with Crippen LogP contribution in [0, 0.1) is 13.8 Å². The van der Waals surface area contributed by atoms with Crippen LogP contribution in [0.2, 0.25) is 0 Å². The average Bonchev–Trinajstić information content (AvgIpc) is 3.29. The number of nitrogens with zero attached hydrogens (tertiary/aromatic N) is 6. The molecule has 8 nitrogen and oxygen atoms in total. The van der Waals surface area contributed by atoms with E-state index in [2.05, 4.69) is 35.6 Å². The summed E-state index contributed by atoms with van der Waals surface area (Å²) < 4.78 is 7.98. The van der Waals surface area contributed by atoms with Crippen LogP contribution in [-0.2, 0) is 6.61 Å². The largest absolute Gasteiger partial charge is 0.487 e. The van der Waals surface area contributed by atoms with Crippen molar-refractivity contribution in [3.63, 3.8) is 0 Å². The van der Waals surface area contributed by atoms with Crippen LogP contribution in [0.25, 0.3) is 5.65 Å². The van der Waals surface area contributed by atoms with Crippen molar-refractivity contribution in [2.45, 2.75) is 40.2 Å². The number of anilines is 1. The number of piperazine rings is 1. The fourth-order valence-corrected chi connectivity index (χ4v) is 4.42. The van der Waals surface area contributed by atoms with Crippen molar-refractivity contribution in [2.75, 3.05) is 31.1 Å². The van der Waals surface area contributed by atoms with E-state index in [1.54, 1.807) is 0 Å². The van der Waals surface area contributed by atoms with Gasteiger partial charge in [0.1, 0.15) is 29.6 Å². The summed E-state index contributed by atoms with van der Waals surface area (Å²) in [5.41, 5.74) is 4.50. The molecule has 5 rings (SSSR count). The van der Waals surface area contributed by atoms with Crippen LogP contribution in [0.5, 0.6) is 5.75 Å². The number of benzene rings is 1. The molecule has 1 aliphatic heterocycles. The first-order chi connectivity index (χ1) is 17.4. The lowest BCUT2D eigenvalue weighted by atomic mass is 10.1. The zero-order valence-corrected chi connectivity index (χ0v) is 21.3. The molecule has 4 heterocycles. The van der Waals surface area contributed by atoms with E-state index in [0.29, 0.717) is 31.0 Å². The van der Waals surface area contributed by atoms with Gasteiger partial charge < -0.3 is 18.9 Å². The number of rotatable bonds is 6. The van der Waals surface area contributed by atoms with E-state index >= 15 is 0 Å². The molecule has 36 heavy (non-hydrogen) atoms. The maximum Gasteiger partial charge on any atom is 0.254 e. The normalized spacial score (nSPS) is 14.0. The summed E-state index contributed by atoms with van der Waals surface area (Å²) in [6, 6.07) is 13.5. The summed E-state index contributed by atoms with van der Waals surface area (Å²) >= 11 is 0. The molecule has 0 unspecified atom stereocenters. The highest BCUT2D eigenvalue weighted by Gasteiger charge is 2.24. The summed E-state index contributed by atoms with van der Waals surface area (Å²) in [7, 11) is 0. The molecule has 0 atom stereocenters. The van der Waals surface area contributed by atoms with Crippen LogP contribution in [0.15, 0.2) is 54.9 Å². The van der Waals surface area contributed by atoms with Gasteiger partial charge in [-0.1, -0.05) is 26.0 Å². The highest BCUT2D eigenvalue weighted by atomic mass is 16.5. The number of hydrogen-bond donors (Lipinski definition) is 0. The van der Waals surface area contributed by atoms with Crippen LogP contribution >= 0.6 is 0 Å². The van der Waals surface area contributed by atoms with Crippen molar-refractivity contribution in [3.05, 3.63) is 83.2 Å². The molecule has 8 heteroatoms. The Balaban J connectivity index is 1.21. The predicted octanol–water partition coefficient (Wildman–Crippen LogP) is 4.41. The highest BCUT2D eigenvalue weighted by Crippen LogP contribution is 2.21. The number of pyridine rings is 1. The van der Waals surface area contributed by atoms with Crippen LogP contribution in [0.4, 0.5) is 5.82 Å². The Labute approximate surface area is 211 Å². The Kier molecular flexibility index (Phi) is 6.59. The summed E-state index contributed by atoms with van der Waals surface area (Å²) in [5.74, 6) is 2.75. The summed E-state index contributed by atoms with van der Waals surface area (Å²) in [5, 5.41) is 0. The van der Waals surface area contributed by atoms with Crippen molar-refractivity contribution >= 4 is 17.4 Å². The van der Waals surface area contributed by atoms with Crippen molar-refractivity contribution in [1.29, 1.82) is 0 Å². The first-order valence-electron chi connectivity index (χ1n) is 12.4. The topological polar surface area (TPSA) is 75.9 Å². The van der Waals surface area contributed by atoms with Crippen molar-refractivity contribution in [2.24, 2.45) is 0 Å². The maximum absolute atomic E-state index is 13.2. The number of carbonyl (C=O) groups excluding carboxylic acids is 1. The second kappa shape index (κ2) is 9.97. The number of aromatic nitrogens is 4. The molecule has 1 aromatic carbocycles. The molecule has 0 aliphatic carbocycles. The van der Waals surface area contributed by atoms with Gasteiger partial charge in [0.15, 0.2) is 0 Å². The van der Waals surface area contributed by atoms with Gasteiger partial charge in [0.25, 0.3) is 5.91 Å². The van der Waals surface area contributed by atoms with Gasteiger partial charge in [-0.2, -0.15) is 0 Å². The van der Waals surface area contributed by atoms with Crippen LogP contribution in [-0.4, -0.2) is 56.3 Å². The first kappa shape index (κ1) is 23.8. The average molecular weight is 485 g/mol. The van der Waals surface area contributed by atoms with Crippen LogP contribution < -0.4 is 9.64 Å². The van der Waals surface area contributed by atoms with Crippen LogP contribution in [0.3, 0.4) is 0 Å². The number of amides is 1. The van der Waals surface area contributed by atoms with E-state index < -0.39 is 0 Å². The molecule has 0 N–H and O–H groups in total. The smallest absolute Gasteiger partial charge is 0.254 e. The number of imidazole rings is 1. The lowest BCUT2D eigenvalue weighted by Crippen LogP contribution is -2.49. The minimum Gasteiger partial charge on any atom is -0.487 e. The van der Waals surface area contributed by atoms with Gasteiger partial charge in [-0.25, -0.2) is 15.0 Å². The number of ether oxygens (including phenoxy) is 1. The van der Waals surface area contributed by atoms with Gasteiger partial charge in [0, 0.05) is 61.8 Å². The number of fused-ring (bicyclic) bond motifs is 1. The highest BCUT2D eigenvalue weighted by molar-refractivity contribution is 5.94. The van der Waals surface area contributed by atoms with E-state index in [1.165, 1.54) is 5.56 Å². The molecular formula is C28H32N6O2. The zero-order chi connectivity index (χ0) is 25.2.